The van der Waals surface area contributed by atoms with Gasteiger partial charge in [0, 0.05) is 24.1 Å². The third-order valence-electron chi connectivity index (χ3n) is 3.84. The third kappa shape index (κ3) is 3.32. The minimum atomic E-state index is -0.246. The molecule has 0 spiro atoms. The molecule has 4 heteroatoms. The first-order valence-corrected chi connectivity index (χ1v) is 7.11. The van der Waals surface area contributed by atoms with Crippen LogP contribution in [0, 0.1) is 12.3 Å². The van der Waals surface area contributed by atoms with Crippen LogP contribution in [0.25, 0.3) is 0 Å². The maximum absolute atomic E-state index is 12.6. The second kappa shape index (κ2) is 6.15. The fourth-order valence-electron chi connectivity index (χ4n) is 2.85. The van der Waals surface area contributed by atoms with Gasteiger partial charge in [0.15, 0.2) is 0 Å². The number of anilines is 1. The molecule has 1 aromatic rings. The van der Waals surface area contributed by atoms with E-state index in [1.54, 1.807) is 6.20 Å². The number of carbonyl (C=O) groups excluding carboxylic acids is 1. The van der Waals surface area contributed by atoms with Crippen molar-refractivity contribution in [2.24, 2.45) is 5.41 Å². The van der Waals surface area contributed by atoms with Gasteiger partial charge in [0.1, 0.15) is 0 Å². The fourth-order valence-corrected chi connectivity index (χ4v) is 2.85. The summed E-state index contributed by atoms with van der Waals surface area (Å²) in [7, 11) is 0. The molecule has 2 N–H and O–H groups in total. The van der Waals surface area contributed by atoms with Crippen molar-refractivity contribution < 1.29 is 4.79 Å². The lowest BCUT2D eigenvalue weighted by atomic mass is 9.76. The molecule has 0 aliphatic carbocycles. The van der Waals surface area contributed by atoms with Gasteiger partial charge in [0.05, 0.1) is 5.41 Å². The highest BCUT2D eigenvalue weighted by Crippen LogP contribution is 2.33. The maximum Gasteiger partial charge on any atom is 0.231 e. The van der Waals surface area contributed by atoms with E-state index in [9.17, 15) is 4.79 Å². The van der Waals surface area contributed by atoms with Crippen LogP contribution in [0.15, 0.2) is 18.3 Å². The molecule has 1 unspecified atom stereocenters. The van der Waals surface area contributed by atoms with Crippen LogP contribution in [0.3, 0.4) is 0 Å². The first-order valence-electron chi connectivity index (χ1n) is 7.11. The van der Waals surface area contributed by atoms with Gasteiger partial charge in [-0.05, 0) is 44.9 Å². The molecule has 104 valence electrons. The Morgan fingerprint density at radius 3 is 3.05 bits per heavy atom. The van der Waals surface area contributed by atoms with E-state index >= 15 is 0 Å². The summed E-state index contributed by atoms with van der Waals surface area (Å²) >= 11 is 0. The van der Waals surface area contributed by atoms with Crippen molar-refractivity contribution in [2.45, 2.75) is 39.5 Å². The van der Waals surface area contributed by atoms with E-state index in [1.807, 2.05) is 19.1 Å². The van der Waals surface area contributed by atoms with E-state index in [0.717, 1.165) is 50.2 Å². The second-order valence-corrected chi connectivity index (χ2v) is 5.45. The third-order valence-corrected chi connectivity index (χ3v) is 3.84. The molecule has 0 saturated carbocycles. The van der Waals surface area contributed by atoms with Crippen LogP contribution in [0.2, 0.25) is 0 Å². The molecule has 4 nitrogen and oxygen atoms in total. The number of aromatic nitrogens is 1. The lowest BCUT2D eigenvalue weighted by molar-refractivity contribution is -0.127. The number of nitrogens with zero attached hydrogens (tertiary/aromatic N) is 1. The molecule has 1 amide bonds. The van der Waals surface area contributed by atoms with Gasteiger partial charge in [-0.25, -0.2) is 0 Å². The molecular weight excluding hydrogens is 238 g/mol. The number of aryl methyl sites for hydroxylation is 1. The number of carbonyl (C=O) groups is 1. The minimum Gasteiger partial charge on any atom is -0.325 e. The molecule has 1 aliphatic heterocycles. The number of piperidine rings is 1. The summed E-state index contributed by atoms with van der Waals surface area (Å²) in [5.74, 6) is 0.146. The van der Waals surface area contributed by atoms with Crippen LogP contribution < -0.4 is 10.6 Å². The smallest absolute Gasteiger partial charge is 0.231 e. The lowest BCUT2D eigenvalue weighted by Crippen LogP contribution is -2.48. The predicted molar refractivity (Wildman–Crippen MR) is 77.0 cm³/mol. The van der Waals surface area contributed by atoms with Gasteiger partial charge in [-0.15, -0.1) is 0 Å². The second-order valence-electron chi connectivity index (χ2n) is 5.45. The molecule has 1 atom stereocenters. The summed E-state index contributed by atoms with van der Waals surface area (Å²) in [5.41, 5.74) is 1.52. The normalized spacial score (nSPS) is 23.1. The van der Waals surface area contributed by atoms with Crippen molar-refractivity contribution in [3.8, 4) is 0 Å². The Hall–Kier alpha value is -1.42. The quantitative estimate of drug-likeness (QED) is 0.875. The Bertz CT molecular complexity index is 433. The molecule has 0 aromatic carbocycles. The van der Waals surface area contributed by atoms with Gasteiger partial charge in [-0.1, -0.05) is 13.3 Å². The van der Waals surface area contributed by atoms with Crippen LogP contribution in [-0.4, -0.2) is 24.0 Å². The average Bonchev–Trinajstić information content (AvgIpc) is 2.40. The summed E-state index contributed by atoms with van der Waals surface area (Å²) in [6.07, 6.45) is 5.75. The average molecular weight is 261 g/mol. The first kappa shape index (κ1) is 14.0. The molecule has 2 heterocycles. The van der Waals surface area contributed by atoms with Crippen LogP contribution in [0.5, 0.6) is 0 Å². The zero-order chi connectivity index (χ0) is 13.7. The van der Waals surface area contributed by atoms with Gasteiger partial charge in [-0.2, -0.15) is 0 Å². The Balaban J connectivity index is 2.11. The predicted octanol–water partition coefficient (Wildman–Crippen LogP) is 2.50. The van der Waals surface area contributed by atoms with Crippen LogP contribution in [-0.2, 0) is 4.79 Å². The standard InChI is InChI=1S/C15H23N3O/c1-3-6-15(7-4-8-16-11-15)14(19)18-13-5-9-17-12(2)10-13/h5,9-10,16H,3-4,6-8,11H2,1-2H3,(H,17,18,19). The topological polar surface area (TPSA) is 54.0 Å². The highest BCUT2D eigenvalue weighted by molar-refractivity contribution is 5.95. The van der Waals surface area contributed by atoms with Gasteiger partial charge in [-0.3, -0.25) is 9.78 Å². The molecule has 0 bridgehead atoms. The Labute approximate surface area is 115 Å². The highest BCUT2D eigenvalue weighted by Gasteiger charge is 2.38. The summed E-state index contributed by atoms with van der Waals surface area (Å²) in [5, 5.41) is 6.42. The lowest BCUT2D eigenvalue weighted by Gasteiger charge is -2.36. The summed E-state index contributed by atoms with van der Waals surface area (Å²) < 4.78 is 0. The molecule has 0 radical (unpaired) electrons. The van der Waals surface area contributed by atoms with E-state index in [4.69, 9.17) is 0 Å². The molecule has 1 saturated heterocycles. The molecule has 19 heavy (non-hydrogen) atoms. The fraction of sp³-hybridized carbons (Fsp3) is 0.600. The van der Waals surface area contributed by atoms with Crippen molar-refractivity contribution in [3.63, 3.8) is 0 Å². The summed E-state index contributed by atoms with van der Waals surface area (Å²) in [6, 6.07) is 3.76. The van der Waals surface area contributed by atoms with Crippen molar-refractivity contribution in [1.82, 2.24) is 10.3 Å². The SMILES string of the molecule is CCCC1(C(=O)Nc2ccnc(C)c2)CCCNC1. The number of pyridine rings is 1. The number of nitrogens with one attached hydrogen (secondary N) is 2. The zero-order valence-corrected chi connectivity index (χ0v) is 11.8. The van der Waals surface area contributed by atoms with Crippen molar-refractivity contribution in [3.05, 3.63) is 24.0 Å². The Morgan fingerprint density at radius 2 is 2.42 bits per heavy atom. The molecule has 1 aromatic heterocycles. The number of hydrogen-bond donors (Lipinski definition) is 2. The van der Waals surface area contributed by atoms with E-state index < -0.39 is 0 Å². The van der Waals surface area contributed by atoms with E-state index in [1.165, 1.54) is 0 Å². The first-order chi connectivity index (χ1) is 9.16. The van der Waals surface area contributed by atoms with Gasteiger partial charge < -0.3 is 10.6 Å². The molecule has 1 aliphatic rings. The molecule has 2 rings (SSSR count). The van der Waals surface area contributed by atoms with E-state index in [2.05, 4.69) is 22.5 Å². The van der Waals surface area contributed by atoms with Crippen molar-refractivity contribution in [2.75, 3.05) is 18.4 Å². The molecular formula is C15H23N3O. The highest BCUT2D eigenvalue weighted by atomic mass is 16.2. The monoisotopic (exact) mass is 261 g/mol. The zero-order valence-electron chi connectivity index (χ0n) is 11.8. The van der Waals surface area contributed by atoms with Crippen LogP contribution in [0.1, 0.15) is 38.3 Å². The van der Waals surface area contributed by atoms with Gasteiger partial charge in [0.25, 0.3) is 0 Å². The Morgan fingerprint density at radius 1 is 1.58 bits per heavy atom. The maximum atomic E-state index is 12.6. The summed E-state index contributed by atoms with van der Waals surface area (Å²) in [4.78, 5) is 16.8. The number of rotatable bonds is 4. The van der Waals surface area contributed by atoms with Crippen LogP contribution in [0.4, 0.5) is 5.69 Å². The minimum absolute atomic E-state index is 0.146. The molecule has 1 fully saturated rings. The van der Waals surface area contributed by atoms with Crippen molar-refractivity contribution >= 4 is 11.6 Å². The number of amides is 1. The van der Waals surface area contributed by atoms with Crippen LogP contribution >= 0.6 is 0 Å². The largest absolute Gasteiger partial charge is 0.325 e. The van der Waals surface area contributed by atoms with E-state index in [-0.39, 0.29) is 11.3 Å². The summed E-state index contributed by atoms with van der Waals surface area (Å²) in [6.45, 7) is 5.88. The van der Waals surface area contributed by atoms with Gasteiger partial charge >= 0.3 is 0 Å². The number of hydrogen-bond acceptors (Lipinski definition) is 3. The van der Waals surface area contributed by atoms with E-state index in [0.29, 0.717) is 0 Å². The van der Waals surface area contributed by atoms with Gasteiger partial charge in [0.2, 0.25) is 5.91 Å². The Kier molecular flexibility index (Phi) is 4.53. The van der Waals surface area contributed by atoms with Crippen molar-refractivity contribution in [1.29, 1.82) is 0 Å².